The van der Waals surface area contributed by atoms with Gasteiger partial charge in [0.1, 0.15) is 0 Å². The summed E-state index contributed by atoms with van der Waals surface area (Å²) in [4.78, 5) is 16.4. The van der Waals surface area contributed by atoms with E-state index in [-0.39, 0.29) is 0 Å². The minimum atomic E-state index is 0.357. The lowest BCUT2D eigenvalue weighted by molar-refractivity contribution is -0.132. The van der Waals surface area contributed by atoms with Gasteiger partial charge in [0.25, 0.3) is 0 Å². The minimum absolute atomic E-state index is 0.357. The number of hydrogen-bond acceptors (Lipinski definition) is 2. The molecule has 1 aliphatic heterocycles. The Labute approximate surface area is 108 Å². The maximum absolute atomic E-state index is 12.0. The van der Waals surface area contributed by atoms with Crippen LogP contribution in [-0.2, 0) is 4.79 Å². The first kappa shape index (κ1) is 11.6. The maximum Gasteiger partial charge on any atom is 0.225 e. The van der Waals surface area contributed by atoms with Crippen molar-refractivity contribution in [2.75, 3.05) is 31.1 Å². The Morgan fingerprint density at radius 2 is 1.89 bits per heavy atom. The number of carbonyl (C=O) groups excluding carboxylic acids is 1. The number of piperazine rings is 1. The highest BCUT2D eigenvalue weighted by Gasteiger charge is 2.34. The average Bonchev–Trinajstić information content (AvgIpc) is 3.22. The van der Waals surface area contributed by atoms with Gasteiger partial charge in [0.15, 0.2) is 0 Å². The second-order valence-electron chi connectivity index (χ2n) is 5.43. The van der Waals surface area contributed by atoms with Crippen LogP contribution in [0.3, 0.4) is 0 Å². The summed E-state index contributed by atoms with van der Waals surface area (Å²) >= 11 is 0. The topological polar surface area (TPSA) is 23.6 Å². The molecule has 1 amide bonds. The first-order valence-corrected chi connectivity index (χ1v) is 6.84. The van der Waals surface area contributed by atoms with Gasteiger partial charge in [0.05, 0.1) is 0 Å². The lowest BCUT2D eigenvalue weighted by atomic mass is 10.2. The number of carbonyl (C=O) groups is 1. The third kappa shape index (κ3) is 2.35. The molecule has 3 heteroatoms. The molecular formula is C15H20N2O. The van der Waals surface area contributed by atoms with E-state index in [4.69, 9.17) is 0 Å². The van der Waals surface area contributed by atoms with Crippen molar-refractivity contribution in [1.29, 1.82) is 0 Å². The van der Waals surface area contributed by atoms with E-state index in [1.807, 2.05) is 4.90 Å². The Balaban J connectivity index is 1.61. The number of aryl methyl sites for hydroxylation is 1. The lowest BCUT2D eigenvalue weighted by Crippen LogP contribution is -2.49. The van der Waals surface area contributed by atoms with Gasteiger partial charge < -0.3 is 9.80 Å². The molecule has 96 valence electrons. The van der Waals surface area contributed by atoms with Gasteiger partial charge in [-0.05, 0) is 37.5 Å². The second kappa shape index (κ2) is 4.63. The molecule has 2 fully saturated rings. The number of anilines is 1. The van der Waals surface area contributed by atoms with Crippen molar-refractivity contribution in [2.45, 2.75) is 19.8 Å². The molecule has 1 heterocycles. The van der Waals surface area contributed by atoms with Gasteiger partial charge in [-0.2, -0.15) is 0 Å². The molecule has 1 aromatic rings. The summed E-state index contributed by atoms with van der Waals surface area (Å²) < 4.78 is 0. The van der Waals surface area contributed by atoms with Crippen molar-refractivity contribution in [3.8, 4) is 0 Å². The van der Waals surface area contributed by atoms with Crippen LogP contribution in [0.1, 0.15) is 18.4 Å². The van der Waals surface area contributed by atoms with Crippen LogP contribution in [0.4, 0.5) is 5.69 Å². The van der Waals surface area contributed by atoms with Crippen LogP contribution >= 0.6 is 0 Å². The zero-order valence-corrected chi connectivity index (χ0v) is 10.9. The standard InChI is InChI=1S/C15H20N2O/c1-12-3-2-4-14(11-12)16-7-9-17(10-8-16)15(18)13-5-6-13/h2-4,11,13H,5-10H2,1H3. The molecule has 1 saturated heterocycles. The van der Waals surface area contributed by atoms with E-state index in [1.165, 1.54) is 11.3 Å². The monoisotopic (exact) mass is 244 g/mol. The SMILES string of the molecule is Cc1cccc(N2CCN(C(=O)C3CC3)CC2)c1. The van der Waals surface area contributed by atoms with Crippen molar-refractivity contribution in [2.24, 2.45) is 5.92 Å². The molecule has 18 heavy (non-hydrogen) atoms. The van der Waals surface area contributed by atoms with Crippen molar-refractivity contribution >= 4 is 11.6 Å². The first-order valence-electron chi connectivity index (χ1n) is 6.84. The van der Waals surface area contributed by atoms with E-state index in [9.17, 15) is 4.79 Å². The van der Waals surface area contributed by atoms with E-state index < -0.39 is 0 Å². The predicted molar refractivity (Wildman–Crippen MR) is 72.7 cm³/mol. The van der Waals surface area contributed by atoms with Gasteiger partial charge >= 0.3 is 0 Å². The van der Waals surface area contributed by atoms with E-state index in [0.717, 1.165) is 39.0 Å². The molecule has 1 saturated carbocycles. The Bertz CT molecular complexity index is 446. The summed E-state index contributed by atoms with van der Waals surface area (Å²) in [7, 11) is 0. The highest BCUT2D eigenvalue weighted by molar-refractivity contribution is 5.81. The third-order valence-corrected chi connectivity index (χ3v) is 3.88. The quantitative estimate of drug-likeness (QED) is 0.795. The number of hydrogen-bond donors (Lipinski definition) is 0. The van der Waals surface area contributed by atoms with E-state index in [2.05, 4.69) is 36.1 Å². The number of rotatable bonds is 2. The van der Waals surface area contributed by atoms with Crippen LogP contribution in [0, 0.1) is 12.8 Å². The molecule has 0 bridgehead atoms. The molecule has 3 nitrogen and oxygen atoms in total. The fraction of sp³-hybridized carbons (Fsp3) is 0.533. The van der Waals surface area contributed by atoms with Crippen LogP contribution in [-0.4, -0.2) is 37.0 Å². The minimum Gasteiger partial charge on any atom is -0.368 e. The van der Waals surface area contributed by atoms with Gasteiger partial charge in [-0.3, -0.25) is 4.79 Å². The molecule has 0 unspecified atom stereocenters. The maximum atomic E-state index is 12.0. The largest absolute Gasteiger partial charge is 0.368 e. The summed E-state index contributed by atoms with van der Waals surface area (Å²) in [5.74, 6) is 0.745. The molecule has 0 radical (unpaired) electrons. The Hall–Kier alpha value is -1.51. The van der Waals surface area contributed by atoms with Gasteiger partial charge in [-0.15, -0.1) is 0 Å². The molecule has 0 atom stereocenters. The average molecular weight is 244 g/mol. The molecule has 0 aromatic heterocycles. The number of nitrogens with zero attached hydrogens (tertiary/aromatic N) is 2. The van der Waals surface area contributed by atoms with Crippen molar-refractivity contribution in [3.63, 3.8) is 0 Å². The van der Waals surface area contributed by atoms with Crippen molar-refractivity contribution in [1.82, 2.24) is 4.90 Å². The number of benzene rings is 1. The summed E-state index contributed by atoms with van der Waals surface area (Å²) in [5, 5.41) is 0. The van der Waals surface area contributed by atoms with Crippen molar-refractivity contribution < 1.29 is 4.79 Å². The zero-order valence-electron chi connectivity index (χ0n) is 10.9. The molecule has 1 aromatic carbocycles. The van der Waals surface area contributed by atoms with Crippen molar-refractivity contribution in [3.05, 3.63) is 29.8 Å². The van der Waals surface area contributed by atoms with Gasteiger partial charge in [0, 0.05) is 37.8 Å². The normalized spacial score (nSPS) is 20.1. The number of amides is 1. The third-order valence-electron chi connectivity index (χ3n) is 3.88. The Kier molecular flexibility index (Phi) is 2.98. The molecular weight excluding hydrogens is 224 g/mol. The fourth-order valence-corrected chi connectivity index (χ4v) is 2.60. The molecule has 0 spiro atoms. The van der Waals surface area contributed by atoms with Crippen LogP contribution in [0.2, 0.25) is 0 Å². The lowest BCUT2D eigenvalue weighted by Gasteiger charge is -2.36. The molecule has 2 aliphatic rings. The van der Waals surface area contributed by atoms with Gasteiger partial charge in [-0.1, -0.05) is 12.1 Å². The predicted octanol–water partition coefficient (Wildman–Crippen LogP) is 2.05. The molecule has 1 aliphatic carbocycles. The molecule has 0 N–H and O–H groups in total. The zero-order chi connectivity index (χ0) is 12.5. The van der Waals surface area contributed by atoms with Gasteiger partial charge in [-0.25, -0.2) is 0 Å². The Morgan fingerprint density at radius 1 is 1.17 bits per heavy atom. The van der Waals surface area contributed by atoms with E-state index in [1.54, 1.807) is 0 Å². The summed E-state index contributed by atoms with van der Waals surface area (Å²) in [6.07, 6.45) is 2.22. The van der Waals surface area contributed by atoms with E-state index >= 15 is 0 Å². The van der Waals surface area contributed by atoms with Crippen LogP contribution < -0.4 is 4.90 Å². The second-order valence-corrected chi connectivity index (χ2v) is 5.43. The summed E-state index contributed by atoms with van der Waals surface area (Å²) in [5.41, 5.74) is 2.58. The van der Waals surface area contributed by atoms with Crippen LogP contribution in [0.25, 0.3) is 0 Å². The summed E-state index contributed by atoms with van der Waals surface area (Å²) in [6, 6.07) is 8.60. The van der Waals surface area contributed by atoms with Crippen LogP contribution in [0.5, 0.6) is 0 Å². The van der Waals surface area contributed by atoms with Crippen LogP contribution in [0.15, 0.2) is 24.3 Å². The van der Waals surface area contributed by atoms with E-state index in [0.29, 0.717) is 11.8 Å². The highest BCUT2D eigenvalue weighted by Crippen LogP contribution is 2.31. The summed E-state index contributed by atoms with van der Waals surface area (Å²) in [6.45, 7) is 5.80. The highest BCUT2D eigenvalue weighted by atomic mass is 16.2. The van der Waals surface area contributed by atoms with Gasteiger partial charge in [0.2, 0.25) is 5.91 Å². The Morgan fingerprint density at radius 3 is 2.50 bits per heavy atom. The smallest absolute Gasteiger partial charge is 0.225 e. The first-order chi connectivity index (χ1) is 8.74. The molecule has 3 rings (SSSR count). The fourth-order valence-electron chi connectivity index (χ4n) is 2.60.